The highest BCUT2D eigenvalue weighted by Crippen LogP contribution is 2.34. The van der Waals surface area contributed by atoms with Gasteiger partial charge in [-0.25, -0.2) is 0 Å². The minimum absolute atomic E-state index is 0.308. The molecule has 112 valence electrons. The van der Waals surface area contributed by atoms with Crippen LogP contribution in [-0.4, -0.2) is 25.2 Å². The van der Waals surface area contributed by atoms with Crippen molar-refractivity contribution in [1.29, 1.82) is 0 Å². The molecule has 0 saturated heterocycles. The number of allylic oxidation sites excluding steroid dienone is 3. The average molecular weight is 280 g/mol. The number of rotatable bonds is 6. The first kappa shape index (κ1) is 16.5. The molecule has 0 saturated carbocycles. The summed E-state index contributed by atoms with van der Waals surface area (Å²) < 4.78 is 10.2. The van der Waals surface area contributed by atoms with Crippen LogP contribution in [-0.2, 0) is 19.1 Å². The number of esters is 2. The predicted molar refractivity (Wildman–Crippen MR) is 77.0 cm³/mol. The van der Waals surface area contributed by atoms with Gasteiger partial charge in [-0.3, -0.25) is 9.59 Å². The van der Waals surface area contributed by atoms with Crippen LogP contribution in [0.4, 0.5) is 0 Å². The summed E-state index contributed by atoms with van der Waals surface area (Å²) in [4.78, 5) is 24.0. The SMILES string of the molecule is C=C(C)CC1=CCC(C(=O)OCC)C(C(=O)OCC)C1. The summed E-state index contributed by atoms with van der Waals surface area (Å²) in [6.45, 7) is 10.0. The molecule has 0 aromatic heterocycles. The second-order valence-electron chi connectivity index (χ2n) is 5.15. The Hall–Kier alpha value is -1.58. The van der Waals surface area contributed by atoms with E-state index >= 15 is 0 Å². The molecule has 0 fully saturated rings. The van der Waals surface area contributed by atoms with Gasteiger partial charge < -0.3 is 9.47 Å². The second-order valence-corrected chi connectivity index (χ2v) is 5.15. The van der Waals surface area contributed by atoms with E-state index in [1.807, 2.05) is 13.0 Å². The first-order chi connectivity index (χ1) is 9.49. The van der Waals surface area contributed by atoms with Crippen LogP contribution in [0.3, 0.4) is 0 Å². The van der Waals surface area contributed by atoms with Gasteiger partial charge in [0, 0.05) is 0 Å². The third kappa shape index (κ3) is 4.51. The summed E-state index contributed by atoms with van der Waals surface area (Å²) in [5, 5.41) is 0. The maximum Gasteiger partial charge on any atom is 0.310 e. The number of carbonyl (C=O) groups is 2. The lowest BCUT2D eigenvalue weighted by Crippen LogP contribution is -2.34. The molecule has 0 aliphatic heterocycles. The lowest BCUT2D eigenvalue weighted by atomic mass is 9.78. The third-order valence-corrected chi connectivity index (χ3v) is 3.34. The summed E-state index contributed by atoms with van der Waals surface area (Å²) in [6.07, 6.45) is 3.89. The van der Waals surface area contributed by atoms with Gasteiger partial charge in [0.2, 0.25) is 0 Å². The van der Waals surface area contributed by atoms with Crippen molar-refractivity contribution >= 4 is 11.9 Å². The highest BCUT2D eigenvalue weighted by molar-refractivity contribution is 5.83. The van der Waals surface area contributed by atoms with Crippen molar-refractivity contribution in [3.63, 3.8) is 0 Å². The predicted octanol–water partition coefficient (Wildman–Crippen LogP) is 3.03. The van der Waals surface area contributed by atoms with Crippen LogP contribution >= 0.6 is 0 Å². The van der Waals surface area contributed by atoms with Gasteiger partial charge in [0.25, 0.3) is 0 Å². The van der Waals surface area contributed by atoms with E-state index in [9.17, 15) is 9.59 Å². The van der Waals surface area contributed by atoms with Gasteiger partial charge in [-0.05, 0) is 40.0 Å². The van der Waals surface area contributed by atoms with Crippen LogP contribution in [0.15, 0.2) is 23.8 Å². The fourth-order valence-corrected chi connectivity index (χ4v) is 2.50. The molecule has 1 aliphatic rings. The number of hydrogen-bond acceptors (Lipinski definition) is 4. The van der Waals surface area contributed by atoms with Crippen LogP contribution in [0.25, 0.3) is 0 Å². The summed E-state index contributed by atoms with van der Waals surface area (Å²) in [7, 11) is 0. The molecule has 0 amide bonds. The molecule has 1 rings (SSSR count). The van der Waals surface area contributed by atoms with E-state index in [2.05, 4.69) is 6.58 Å². The van der Waals surface area contributed by atoms with E-state index in [1.54, 1.807) is 13.8 Å². The molecule has 4 nitrogen and oxygen atoms in total. The zero-order chi connectivity index (χ0) is 15.1. The Bertz CT molecular complexity index is 409. The molecule has 0 spiro atoms. The Morgan fingerprint density at radius 3 is 2.25 bits per heavy atom. The lowest BCUT2D eigenvalue weighted by molar-refractivity contribution is -0.160. The highest BCUT2D eigenvalue weighted by Gasteiger charge is 2.38. The average Bonchev–Trinajstić information content (AvgIpc) is 2.38. The Kier molecular flexibility index (Phi) is 6.49. The highest BCUT2D eigenvalue weighted by atomic mass is 16.5. The Balaban J connectivity index is 2.86. The van der Waals surface area contributed by atoms with Crippen molar-refractivity contribution in [2.75, 3.05) is 13.2 Å². The second kappa shape index (κ2) is 7.88. The maximum atomic E-state index is 12.1. The fourth-order valence-electron chi connectivity index (χ4n) is 2.50. The maximum absolute atomic E-state index is 12.1. The standard InChI is InChI=1S/C16H24O4/c1-5-19-15(17)13-8-7-12(9-11(3)4)10-14(13)16(18)20-6-2/h7,13-14H,3,5-6,8-10H2,1-2,4H3. The molecular formula is C16H24O4. The van der Waals surface area contributed by atoms with Gasteiger partial charge in [0.05, 0.1) is 25.0 Å². The monoisotopic (exact) mass is 280 g/mol. The first-order valence-electron chi connectivity index (χ1n) is 7.15. The van der Waals surface area contributed by atoms with Gasteiger partial charge >= 0.3 is 11.9 Å². The van der Waals surface area contributed by atoms with E-state index < -0.39 is 11.8 Å². The largest absolute Gasteiger partial charge is 0.466 e. The molecule has 0 N–H and O–H groups in total. The Morgan fingerprint density at radius 2 is 1.75 bits per heavy atom. The normalized spacial score (nSPS) is 21.9. The van der Waals surface area contributed by atoms with E-state index in [0.717, 1.165) is 17.6 Å². The number of hydrogen-bond donors (Lipinski definition) is 0. The zero-order valence-electron chi connectivity index (χ0n) is 12.6. The molecule has 20 heavy (non-hydrogen) atoms. The van der Waals surface area contributed by atoms with Crippen LogP contribution in [0.5, 0.6) is 0 Å². The Morgan fingerprint density at radius 1 is 1.20 bits per heavy atom. The van der Waals surface area contributed by atoms with Crippen LogP contribution in [0, 0.1) is 11.8 Å². The van der Waals surface area contributed by atoms with Crippen molar-refractivity contribution in [1.82, 2.24) is 0 Å². The van der Waals surface area contributed by atoms with E-state index in [0.29, 0.717) is 26.1 Å². The van der Waals surface area contributed by atoms with Crippen molar-refractivity contribution < 1.29 is 19.1 Å². The van der Waals surface area contributed by atoms with Gasteiger partial charge in [-0.1, -0.05) is 23.8 Å². The van der Waals surface area contributed by atoms with Crippen LogP contribution in [0.2, 0.25) is 0 Å². The van der Waals surface area contributed by atoms with Crippen LogP contribution in [0.1, 0.15) is 40.0 Å². The smallest absolute Gasteiger partial charge is 0.310 e. The van der Waals surface area contributed by atoms with Gasteiger partial charge in [-0.2, -0.15) is 0 Å². The van der Waals surface area contributed by atoms with Gasteiger partial charge in [-0.15, -0.1) is 0 Å². The number of carbonyl (C=O) groups excluding carboxylic acids is 2. The molecular weight excluding hydrogens is 256 g/mol. The number of ether oxygens (including phenoxy) is 2. The molecule has 0 bridgehead atoms. The summed E-state index contributed by atoms with van der Waals surface area (Å²) >= 11 is 0. The minimum Gasteiger partial charge on any atom is -0.466 e. The fraction of sp³-hybridized carbons (Fsp3) is 0.625. The van der Waals surface area contributed by atoms with Crippen molar-refractivity contribution in [3.8, 4) is 0 Å². The summed E-state index contributed by atoms with van der Waals surface area (Å²) in [5.74, 6) is -1.48. The van der Waals surface area contributed by atoms with E-state index in [1.165, 1.54) is 0 Å². The van der Waals surface area contributed by atoms with Crippen LogP contribution < -0.4 is 0 Å². The molecule has 4 heteroatoms. The molecule has 0 radical (unpaired) electrons. The molecule has 0 aromatic rings. The topological polar surface area (TPSA) is 52.6 Å². The lowest BCUT2D eigenvalue weighted by Gasteiger charge is -2.28. The summed E-state index contributed by atoms with van der Waals surface area (Å²) in [5.41, 5.74) is 2.20. The minimum atomic E-state index is -0.437. The van der Waals surface area contributed by atoms with Crippen molar-refractivity contribution in [2.45, 2.75) is 40.0 Å². The first-order valence-corrected chi connectivity index (χ1v) is 7.15. The van der Waals surface area contributed by atoms with Gasteiger partial charge in [0.15, 0.2) is 0 Å². The quantitative estimate of drug-likeness (QED) is 0.554. The van der Waals surface area contributed by atoms with Gasteiger partial charge in [0.1, 0.15) is 0 Å². The molecule has 0 heterocycles. The van der Waals surface area contributed by atoms with Crippen molar-refractivity contribution in [3.05, 3.63) is 23.8 Å². The molecule has 1 aliphatic carbocycles. The third-order valence-electron chi connectivity index (χ3n) is 3.34. The Labute approximate surface area is 120 Å². The molecule has 0 aromatic carbocycles. The summed E-state index contributed by atoms with van der Waals surface area (Å²) in [6, 6.07) is 0. The molecule has 2 unspecified atom stereocenters. The molecule has 2 atom stereocenters. The zero-order valence-corrected chi connectivity index (χ0v) is 12.6. The van der Waals surface area contributed by atoms with E-state index in [4.69, 9.17) is 9.47 Å². The van der Waals surface area contributed by atoms with Crippen molar-refractivity contribution in [2.24, 2.45) is 11.8 Å². The van der Waals surface area contributed by atoms with E-state index in [-0.39, 0.29) is 11.9 Å².